The van der Waals surface area contributed by atoms with Crippen LogP contribution in [-0.2, 0) is 6.54 Å². The van der Waals surface area contributed by atoms with Crippen molar-refractivity contribution in [1.82, 2.24) is 4.98 Å². The molecule has 1 aromatic heterocycles. The lowest BCUT2D eigenvalue weighted by atomic mass is 10.1. The number of phenolic OH excluding ortho intramolecular Hbond substituents is 2. The van der Waals surface area contributed by atoms with Crippen LogP contribution in [0.5, 0.6) is 11.5 Å². The first-order valence-corrected chi connectivity index (χ1v) is 7.09. The topological polar surface area (TPSA) is 109 Å². The van der Waals surface area contributed by atoms with Crippen molar-refractivity contribution in [3.63, 3.8) is 0 Å². The second-order valence-electron chi connectivity index (χ2n) is 5.07. The van der Waals surface area contributed by atoms with E-state index < -0.39 is 16.4 Å². The van der Waals surface area contributed by atoms with Crippen molar-refractivity contribution in [3.05, 3.63) is 70.0 Å². The Kier molecular flexibility index (Phi) is 4.07. The predicted octanol–water partition coefficient (Wildman–Crippen LogP) is 3.17. The highest BCUT2D eigenvalue weighted by Gasteiger charge is 2.18. The molecule has 7 heteroatoms. The molecule has 2 N–H and O–H groups in total. The van der Waals surface area contributed by atoms with Gasteiger partial charge in [-0.25, -0.2) is 0 Å². The zero-order valence-corrected chi connectivity index (χ0v) is 12.5. The molecule has 7 nitrogen and oxygen atoms in total. The van der Waals surface area contributed by atoms with E-state index in [1.807, 2.05) is 30.3 Å². The number of nitro benzene ring substituents is 1. The second-order valence-corrected chi connectivity index (χ2v) is 5.07. The maximum absolute atomic E-state index is 10.8. The van der Waals surface area contributed by atoms with Gasteiger partial charge in [-0.1, -0.05) is 24.3 Å². The van der Waals surface area contributed by atoms with E-state index in [-0.39, 0.29) is 17.9 Å². The summed E-state index contributed by atoms with van der Waals surface area (Å²) < 4.78 is 0. The zero-order chi connectivity index (χ0) is 17.1. The number of aromatic nitrogens is 1. The van der Waals surface area contributed by atoms with Gasteiger partial charge < -0.3 is 10.2 Å². The molecule has 0 amide bonds. The van der Waals surface area contributed by atoms with Crippen molar-refractivity contribution in [2.75, 3.05) is 0 Å². The van der Waals surface area contributed by atoms with Gasteiger partial charge in [-0.3, -0.25) is 20.1 Å². The molecule has 0 aliphatic heterocycles. The molecule has 0 bridgehead atoms. The van der Waals surface area contributed by atoms with Crippen LogP contribution in [0.2, 0.25) is 0 Å². The summed E-state index contributed by atoms with van der Waals surface area (Å²) in [6, 6.07) is 11.8. The summed E-state index contributed by atoms with van der Waals surface area (Å²) in [5, 5.41) is 32.5. The third-order valence-corrected chi connectivity index (χ3v) is 3.59. The lowest BCUT2D eigenvalue weighted by Crippen LogP contribution is -1.94. The number of hydrogen-bond acceptors (Lipinski definition) is 6. The molecule has 0 aliphatic carbocycles. The smallest absolute Gasteiger partial charge is 0.311 e. The van der Waals surface area contributed by atoms with Crippen molar-refractivity contribution >= 4 is 22.7 Å². The van der Waals surface area contributed by atoms with Gasteiger partial charge in [-0.15, -0.1) is 0 Å². The van der Waals surface area contributed by atoms with Crippen LogP contribution in [0.3, 0.4) is 0 Å². The largest absolute Gasteiger partial charge is 0.507 e. The number of benzene rings is 2. The minimum absolute atomic E-state index is 0.0931. The zero-order valence-electron chi connectivity index (χ0n) is 12.5. The van der Waals surface area contributed by atoms with Gasteiger partial charge in [0.2, 0.25) is 5.75 Å². The maximum atomic E-state index is 10.8. The van der Waals surface area contributed by atoms with Crippen LogP contribution in [0, 0.1) is 10.1 Å². The van der Waals surface area contributed by atoms with Crippen molar-refractivity contribution in [3.8, 4) is 11.5 Å². The normalized spacial score (nSPS) is 11.2. The third kappa shape index (κ3) is 2.87. The Morgan fingerprint density at radius 1 is 1.17 bits per heavy atom. The van der Waals surface area contributed by atoms with Gasteiger partial charge in [0.1, 0.15) is 5.75 Å². The van der Waals surface area contributed by atoms with Crippen molar-refractivity contribution in [1.29, 1.82) is 0 Å². The van der Waals surface area contributed by atoms with Gasteiger partial charge in [0.05, 0.1) is 22.7 Å². The molecular formula is C17H13N3O4. The summed E-state index contributed by atoms with van der Waals surface area (Å²) in [7, 11) is 0. The molecule has 3 aromatic rings. The average Bonchev–Trinajstić information content (AvgIpc) is 2.57. The van der Waals surface area contributed by atoms with Crippen LogP contribution in [0.15, 0.2) is 53.7 Å². The van der Waals surface area contributed by atoms with Gasteiger partial charge in [0.15, 0.2) is 0 Å². The number of nitro groups is 1. The fourth-order valence-corrected chi connectivity index (χ4v) is 2.39. The van der Waals surface area contributed by atoms with Gasteiger partial charge in [0, 0.05) is 23.9 Å². The summed E-state index contributed by atoms with van der Waals surface area (Å²) in [5.41, 5.74) is 0.149. The predicted molar refractivity (Wildman–Crippen MR) is 89.5 cm³/mol. The third-order valence-electron chi connectivity index (χ3n) is 3.59. The second kappa shape index (κ2) is 6.33. The molecule has 24 heavy (non-hydrogen) atoms. The molecule has 0 spiro atoms. The molecule has 0 fully saturated rings. The molecule has 0 unspecified atom stereocenters. The van der Waals surface area contributed by atoms with E-state index in [2.05, 4.69) is 9.98 Å². The lowest BCUT2D eigenvalue weighted by molar-refractivity contribution is -0.385. The van der Waals surface area contributed by atoms with Crippen LogP contribution in [-0.4, -0.2) is 26.3 Å². The molecule has 0 aliphatic rings. The minimum Gasteiger partial charge on any atom is -0.507 e. The first kappa shape index (κ1) is 15.4. The van der Waals surface area contributed by atoms with E-state index >= 15 is 0 Å². The van der Waals surface area contributed by atoms with Gasteiger partial charge in [0.25, 0.3) is 0 Å². The van der Waals surface area contributed by atoms with Crippen molar-refractivity contribution in [2.45, 2.75) is 6.54 Å². The van der Waals surface area contributed by atoms with Crippen LogP contribution < -0.4 is 0 Å². The van der Waals surface area contributed by atoms with Gasteiger partial charge in [-0.05, 0) is 17.5 Å². The summed E-state index contributed by atoms with van der Waals surface area (Å²) in [6.07, 6.45) is 2.89. The average molecular weight is 323 g/mol. The lowest BCUT2D eigenvalue weighted by Gasteiger charge is -2.04. The van der Waals surface area contributed by atoms with Crippen molar-refractivity contribution in [2.24, 2.45) is 4.99 Å². The highest BCUT2D eigenvalue weighted by molar-refractivity contribution is 5.89. The summed E-state index contributed by atoms with van der Waals surface area (Å²) in [6.45, 7) is 0.211. The standard InChI is InChI=1S/C17H13N3O4/c21-16-6-5-15(20(23)24)17(22)13(16)9-18-10-14-12-4-2-1-3-11(12)7-8-19-14/h1-9,21-22H,10H2. The number of phenols is 2. The Balaban J connectivity index is 1.92. The van der Waals surface area contributed by atoms with Crippen LogP contribution in [0.25, 0.3) is 10.8 Å². The fourth-order valence-electron chi connectivity index (χ4n) is 2.39. The quantitative estimate of drug-likeness (QED) is 0.435. The van der Waals surface area contributed by atoms with E-state index in [9.17, 15) is 20.3 Å². The fraction of sp³-hybridized carbons (Fsp3) is 0.0588. The molecule has 3 rings (SSSR count). The molecule has 0 radical (unpaired) electrons. The Morgan fingerprint density at radius 2 is 1.96 bits per heavy atom. The monoisotopic (exact) mass is 323 g/mol. The molecule has 1 heterocycles. The molecule has 120 valence electrons. The van der Waals surface area contributed by atoms with Crippen LogP contribution in [0.4, 0.5) is 5.69 Å². The highest BCUT2D eigenvalue weighted by Crippen LogP contribution is 2.34. The van der Waals surface area contributed by atoms with E-state index in [0.29, 0.717) is 0 Å². The molecule has 2 aromatic carbocycles. The molecule has 0 saturated carbocycles. The Hall–Kier alpha value is -3.48. The van der Waals surface area contributed by atoms with Crippen LogP contribution in [0.1, 0.15) is 11.3 Å². The summed E-state index contributed by atoms with van der Waals surface area (Å²) in [4.78, 5) is 18.5. The first-order valence-electron chi connectivity index (χ1n) is 7.09. The number of nitrogens with zero attached hydrogens (tertiary/aromatic N) is 3. The highest BCUT2D eigenvalue weighted by atomic mass is 16.6. The summed E-state index contributed by atoms with van der Waals surface area (Å²) in [5.74, 6) is -0.901. The van der Waals surface area contributed by atoms with E-state index in [1.165, 1.54) is 6.21 Å². The van der Waals surface area contributed by atoms with E-state index in [0.717, 1.165) is 28.6 Å². The number of pyridine rings is 1. The SMILES string of the molecule is O=[N+]([O-])c1ccc(O)c(C=NCc2nccc3ccccc23)c1O. The molecular weight excluding hydrogens is 310 g/mol. The van der Waals surface area contributed by atoms with Gasteiger partial charge in [-0.2, -0.15) is 0 Å². The summed E-state index contributed by atoms with van der Waals surface area (Å²) >= 11 is 0. The molecule has 0 atom stereocenters. The minimum atomic E-state index is -0.724. The Bertz CT molecular complexity index is 948. The Labute approximate surface area is 136 Å². The first-order chi connectivity index (χ1) is 11.6. The van der Waals surface area contributed by atoms with Gasteiger partial charge >= 0.3 is 5.69 Å². The van der Waals surface area contributed by atoms with E-state index in [1.54, 1.807) is 6.20 Å². The number of rotatable bonds is 4. The van der Waals surface area contributed by atoms with Crippen molar-refractivity contribution < 1.29 is 15.1 Å². The number of aromatic hydroxyl groups is 2. The number of hydrogen-bond donors (Lipinski definition) is 2. The number of fused-ring (bicyclic) bond motifs is 1. The van der Waals surface area contributed by atoms with Crippen LogP contribution >= 0.6 is 0 Å². The molecule has 0 saturated heterocycles. The van der Waals surface area contributed by atoms with E-state index in [4.69, 9.17) is 0 Å². The Morgan fingerprint density at radius 3 is 2.75 bits per heavy atom. The number of aliphatic imine (C=N–C) groups is 1. The maximum Gasteiger partial charge on any atom is 0.311 e.